The Labute approximate surface area is 168 Å². The molecule has 0 amide bonds. The number of halogens is 3. The number of nitrogens with one attached hydrogen (secondary N) is 1. The second-order valence-electron chi connectivity index (χ2n) is 7.08. The lowest BCUT2D eigenvalue weighted by Gasteiger charge is -2.32. The van der Waals surface area contributed by atoms with Gasteiger partial charge in [0.1, 0.15) is 0 Å². The van der Waals surface area contributed by atoms with Crippen LogP contribution in [0.3, 0.4) is 0 Å². The van der Waals surface area contributed by atoms with E-state index in [4.69, 9.17) is 9.47 Å². The monoisotopic (exact) mass is 415 g/mol. The van der Waals surface area contributed by atoms with Crippen molar-refractivity contribution in [3.63, 3.8) is 0 Å². The predicted molar refractivity (Wildman–Crippen MR) is 103 cm³/mol. The van der Waals surface area contributed by atoms with Gasteiger partial charge in [0.25, 0.3) is 0 Å². The number of likely N-dealkylation sites (tertiary alicyclic amines) is 1. The minimum Gasteiger partial charge on any atom is -0.468 e. The fraction of sp³-hybridized carbons (Fsp3) is 0.684. The third-order valence-corrected chi connectivity index (χ3v) is 4.98. The van der Waals surface area contributed by atoms with E-state index in [0.717, 1.165) is 51.8 Å². The zero-order chi connectivity index (χ0) is 20.7. The number of hydrogen-bond acceptors (Lipinski definition) is 5. The quantitative estimate of drug-likeness (QED) is 0.566. The second kappa shape index (κ2) is 10.1. The molecule has 0 spiro atoms. The summed E-state index contributed by atoms with van der Waals surface area (Å²) in [5.41, 5.74) is 0.524. The van der Waals surface area contributed by atoms with Gasteiger partial charge in [0.15, 0.2) is 12.6 Å². The van der Waals surface area contributed by atoms with Crippen molar-refractivity contribution in [2.45, 2.75) is 32.1 Å². The maximum atomic E-state index is 12.5. The minimum absolute atomic E-state index is 0.0305. The van der Waals surface area contributed by atoms with Crippen LogP contribution in [0.25, 0.3) is 0 Å². The molecule has 1 unspecified atom stereocenters. The Hall–Kier alpha value is -2.07. The molecule has 2 saturated heterocycles. The molecule has 29 heavy (non-hydrogen) atoms. The molecule has 0 saturated carbocycles. The number of pyridine rings is 1. The first-order chi connectivity index (χ1) is 14.0. The molecule has 3 heterocycles. The summed E-state index contributed by atoms with van der Waals surface area (Å²) in [6, 6.07) is 3.82. The number of aromatic nitrogens is 1. The molecule has 1 aromatic rings. The van der Waals surface area contributed by atoms with Crippen LogP contribution >= 0.6 is 0 Å². The molecule has 1 atom stereocenters. The molecule has 0 aromatic carbocycles. The maximum absolute atomic E-state index is 12.5. The molecular weight excluding hydrogens is 387 g/mol. The van der Waals surface area contributed by atoms with Crippen LogP contribution in [0.5, 0.6) is 5.88 Å². The van der Waals surface area contributed by atoms with E-state index >= 15 is 0 Å². The van der Waals surface area contributed by atoms with E-state index in [0.29, 0.717) is 18.2 Å². The number of hydrogen-bond donors (Lipinski definition) is 1. The largest absolute Gasteiger partial charge is 0.468 e. The van der Waals surface area contributed by atoms with Crippen LogP contribution < -0.4 is 10.1 Å². The van der Waals surface area contributed by atoms with Gasteiger partial charge in [0.05, 0.1) is 19.8 Å². The molecule has 1 N–H and O–H groups in total. The Morgan fingerprint density at radius 2 is 2.14 bits per heavy atom. The molecule has 0 aliphatic carbocycles. The number of rotatable bonds is 6. The SMILES string of the molecule is CCNC(=NCc1cccnc1OCC(F)(F)F)N1CCC(N2CCOCC2)C1. The van der Waals surface area contributed by atoms with Crippen LogP contribution in [0.4, 0.5) is 13.2 Å². The van der Waals surface area contributed by atoms with Gasteiger partial charge in [0.2, 0.25) is 5.88 Å². The van der Waals surface area contributed by atoms with Crippen LogP contribution in [-0.4, -0.2) is 85.5 Å². The van der Waals surface area contributed by atoms with E-state index in [1.165, 1.54) is 6.20 Å². The van der Waals surface area contributed by atoms with Crippen molar-refractivity contribution in [2.24, 2.45) is 4.99 Å². The van der Waals surface area contributed by atoms with E-state index in [2.05, 4.69) is 25.1 Å². The fourth-order valence-corrected chi connectivity index (χ4v) is 3.59. The second-order valence-corrected chi connectivity index (χ2v) is 7.08. The zero-order valence-corrected chi connectivity index (χ0v) is 16.6. The summed E-state index contributed by atoms with van der Waals surface area (Å²) in [4.78, 5) is 13.2. The van der Waals surface area contributed by atoms with Gasteiger partial charge in [-0.25, -0.2) is 9.98 Å². The van der Waals surface area contributed by atoms with Gasteiger partial charge >= 0.3 is 6.18 Å². The lowest BCUT2D eigenvalue weighted by molar-refractivity contribution is -0.154. The first-order valence-electron chi connectivity index (χ1n) is 9.95. The molecule has 2 aliphatic rings. The number of nitrogens with zero attached hydrogens (tertiary/aromatic N) is 4. The molecule has 2 aliphatic heterocycles. The van der Waals surface area contributed by atoms with Crippen molar-refractivity contribution in [1.82, 2.24) is 20.1 Å². The topological polar surface area (TPSA) is 62.2 Å². The van der Waals surface area contributed by atoms with Gasteiger partial charge in [0, 0.05) is 50.5 Å². The summed E-state index contributed by atoms with van der Waals surface area (Å²) in [5.74, 6) is 0.728. The highest BCUT2D eigenvalue weighted by atomic mass is 19.4. The van der Waals surface area contributed by atoms with Crippen LogP contribution in [0.15, 0.2) is 23.3 Å². The van der Waals surface area contributed by atoms with Crippen molar-refractivity contribution in [3.8, 4) is 5.88 Å². The molecule has 2 fully saturated rings. The molecule has 7 nitrogen and oxygen atoms in total. The van der Waals surface area contributed by atoms with Crippen molar-refractivity contribution in [2.75, 3.05) is 52.5 Å². The van der Waals surface area contributed by atoms with Crippen molar-refractivity contribution in [1.29, 1.82) is 0 Å². The smallest absolute Gasteiger partial charge is 0.422 e. The Morgan fingerprint density at radius 1 is 1.34 bits per heavy atom. The Balaban J connectivity index is 1.64. The van der Waals surface area contributed by atoms with Gasteiger partial charge in [-0.2, -0.15) is 13.2 Å². The minimum atomic E-state index is -4.41. The lowest BCUT2D eigenvalue weighted by atomic mass is 10.2. The molecule has 1 aromatic heterocycles. The van der Waals surface area contributed by atoms with Crippen molar-refractivity contribution in [3.05, 3.63) is 23.9 Å². The van der Waals surface area contributed by atoms with Crippen LogP contribution in [0.1, 0.15) is 18.9 Å². The van der Waals surface area contributed by atoms with Gasteiger partial charge in [-0.15, -0.1) is 0 Å². The van der Waals surface area contributed by atoms with Crippen molar-refractivity contribution >= 4 is 5.96 Å². The molecule has 10 heteroatoms. The number of ether oxygens (including phenoxy) is 2. The average molecular weight is 415 g/mol. The fourth-order valence-electron chi connectivity index (χ4n) is 3.59. The standard InChI is InChI=1S/C19H28F3N5O2/c1-2-23-18(27-7-5-16(13-27)26-8-10-28-11-9-26)25-12-15-4-3-6-24-17(15)29-14-19(20,21)22/h3-4,6,16H,2,5,7-14H2,1H3,(H,23,25). The summed E-state index contributed by atoms with van der Waals surface area (Å²) < 4.78 is 47.7. The van der Waals surface area contributed by atoms with Crippen LogP contribution in [0, 0.1) is 0 Å². The first kappa shape index (κ1) is 21.6. The summed E-state index contributed by atoms with van der Waals surface area (Å²) in [6.45, 7) is 6.72. The predicted octanol–water partition coefficient (Wildman–Crippen LogP) is 1.89. The number of morpholine rings is 1. The average Bonchev–Trinajstić information content (AvgIpc) is 3.20. The van der Waals surface area contributed by atoms with E-state index in [1.807, 2.05) is 6.92 Å². The summed E-state index contributed by atoms with van der Waals surface area (Å²) in [7, 11) is 0. The highest BCUT2D eigenvalue weighted by Crippen LogP contribution is 2.21. The molecular formula is C19H28F3N5O2. The highest BCUT2D eigenvalue weighted by Gasteiger charge is 2.31. The third kappa shape index (κ3) is 6.46. The number of guanidine groups is 1. The maximum Gasteiger partial charge on any atom is 0.422 e. The summed E-state index contributed by atoms with van der Waals surface area (Å²) in [6.07, 6.45) is -1.94. The first-order valence-corrected chi connectivity index (χ1v) is 9.95. The summed E-state index contributed by atoms with van der Waals surface area (Å²) >= 11 is 0. The van der Waals surface area contributed by atoms with E-state index in [1.54, 1.807) is 12.1 Å². The van der Waals surface area contributed by atoms with E-state index in [9.17, 15) is 13.2 Å². The van der Waals surface area contributed by atoms with Crippen LogP contribution in [0.2, 0.25) is 0 Å². The molecule has 162 valence electrons. The number of alkyl halides is 3. The molecule has 0 radical (unpaired) electrons. The van der Waals surface area contributed by atoms with Crippen molar-refractivity contribution < 1.29 is 22.6 Å². The third-order valence-electron chi connectivity index (χ3n) is 4.98. The van der Waals surface area contributed by atoms with Gasteiger partial charge in [-0.3, -0.25) is 4.90 Å². The Morgan fingerprint density at radius 3 is 2.86 bits per heavy atom. The van der Waals surface area contributed by atoms with Gasteiger partial charge in [-0.1, -0.05) is 6.07 Å². The van der Waals surface area contributed by atoms with E-state index < -0.39 is 12.8 Å². The molecule has 3 rings (SSSR count). The van der Waals surface area contributed by atoms with Crippen LogP contribution in [-0.2, 0) is 11.3 Å². The van der Waals surface area contributed by atoms with Gasteiger partial charge < -0.3 is 19.7 Å². The van der Waals surface area contributed by atoms with Gasteiger partial charge in [-0.05, 0) is 19.4 Å². The number of aliphatic imine (C=N–C) groups is 1. The molecule has 0 bridgehead atoms. The Bertz CT molecular complexity index is 680. The Kier molecular flexibility index (Phi) is 7.54. The summed E-state index contributed by atoms with van der Waals surface area (Å²) in [5, 5.41) is 3.29. The van der Waals surface area contributed by atoms with E-state index in [-0.39, 0.29) is 12.4 Å². The highest BCUT2D eigenvalue weighted by molar-refractivity contribution is 5.80. The zero-order valence-electron chi connectivity index (χ0n) is 16.6. The normalized spacial score (nSPS) is 21.4. The lowest BCUT2D eigenvalue weighted by Crippen LogP contribution is -2.46.